The predicted molar refractivity (Wildman–Crippen MR) is 157 cm³/mol. The SMILES string of the molecule is N#Cc1ccc(COc2cccc(N3CCN(Cc4nc5ccc(C(=O)O)cc5n4C[C@@H]4CCO4)[C@H]4COC[C@H]43)n2)c(F)c1. The summed E-state index contributed by atoms with van der Waals surface area (Å²) in [5.74, 6) is 0.571. The quantitative estimate of drug-likeness (QED) is 0.306. The summed E-state index contributed by atoms with van der Waals surface area (Å²) in [5.41, 5.74) is 2.41. The second-order valence-corrected chi connectivity index (χ2v) is 11.3. The van der Waals surface area contributed by atoms with Crippen LogP contribution in [-0.4, -0.2) is 81.6 Å². The first-order valence-corrected chi connectivity index (χ1v) is 14.7. The van der Waals surface area contributed by atoms with E-state index in [0.717, 1.165) is 42.2 Å². The minimum atomic E-state index is -0.965. The molecule has 3 fully saturated rings. The van der Waals surface area contributed by atoms with E-state index in [1.807, 2.05) is 18.2 Å². The number of hydrogen-bond acceptors (Lipinski definition) is 9. The van der Waals surface area contributed by atoms with Crippen molar-refractivity contribution in [1.82, 2.24) is 19.4 Å². The fourth-order valence-corrected chi connectivity index (χ4v) is 6.20. The molecule has 3 atom stereocenters. The zero-order valence-electron chi connectivity index (χ0n) is 23.9. The molecule has 2 aromatic heterocycles. The van der Waals surface area contributed by atoms with Gasteiger partial charge in [0.1, 0.15) is 24.1 Å². The maximum atomic E-state index is 14.4. The van der Waals surface area contributed by atoms with Crippen molar-refractivity contribution in [3.63, 3.8) is 0 Å². The molecule has 0 unspecified atom stereocenters. The van der Waals surface area contributed by atoms with E-state index in [0.29, 0.717) is 44.3 Å². The summed E-state index contributed by atoms with van der Waals surface area (Å²) in [7, 11) is 0. The van der Waals surface area contributed by atoms with Crippen molar-refractivity contribution in [2.45, 2.75) is 44.3 Å². The summed E-state index contributed by atoms with van der Waals surface area (Å²) >= 11 is 0. The summed E-state index contributed by atoms with van der Waals surface area (Å²) in [6.07, 6.45) is 1.06. The van der Waals surface area contributed by atoms with Crippen molar-refractivity contribution >= 4 is 22.8 Å². The van der Waals surface area contributed by atoms with Crippen LogP contribution in [-0.2, 0) is 29.2 Å². The number of aromatic nitrogens is 3. The average Bonchev–Trinajstić information content (AvgIpc) is 3.63. The highest BCUT2D eigenvalue weighted by Crippen LogP contribution is 2.31. The molecule has 0 amide bonds. The Morgan fingerprint density at radius 1 is 1.11 bits per heavy atom. The van der Waals surface area contributed by atoms with Crippen molar-refractivity contribution in [3.05, 3.63) is 82.9 Å². The van der Waals surface area contributed by atoms with Crippen LogP contribution in [0.15, 0.2) is 54.6 Å². The average molecular weight is 599 g/mol. The second kappa shape index (κ2) is 11.8. The number of fused-ring (bicyclic) bond motifs is 2. The molecule has 3 aliphatic heterocycles. The number of nitriles is 1. The van der Waals surface area contributed by atoms with Crippen LogP contribution in [0.1, 0.15) is 33.7 Å². The van der Waals surface area contributed by atoms with Gasteiger partial charge in [-0.2, -0.15) is 10.2 Å². The lowest BCUT2D eigenvalue weighted by atomic mass is 10.0. The van der Waals surface area contributed by atoms with Crippen LogP contribution in [0.5, 0.6) is 5.88 Å². The molecule has 0 spiro atoms. The Labute approximate surface area is 253 Å². The summed E-state index contributed by atoms with van der Waals surface area (Å²) in [5, 5.41) is 18.6. The highest BCUT2D eigenvalue weighted by molar-refractivity contribution is 5.92. The Balaban J connectivity index is 1.08. The third-order valence-electron chi connectivity index (χ3n) is 8.68. The third kappa shape index (κ3) is 5.45. The van der Waals surface area contributed by atoms with Crippen molar-refractivity contribution in [1.29, 1.82) is 5.26 Å². The maximum Gasteiger partial charge on any atom is 0.335 e. The Morgan fingerprint density at radius 3 is 2.75 bits per heavy atom. The fourth-order valence-electron chi connectivity index (χ4n) is 6.20. The number of rotatable bonds is 9. The van der Waals surface area contributed by atoms with Gasteiger partial charge in [0.05, 0.1) is 72.7 Å². The van der Waals surface area contributed by atoms with Crippen LogP contribution in [0.3, 0.4) is 0 Å². The molecule has 0 radical (unpaired) electrons. The first kappa shape index (κ1) is 28.2. The second-order valence-electron chi connectivity index (χ2n) is 11.3. The molecule has 3 aliphatic rings. The number of nitrogens with zero attached hydrogens (tertiary/aromatic N) is 6. The molecule has 7 rings (SSSR count). The monoisotopic (exact) mass is 598 g/mol. The molecule has 3 saturated heterocycles. The molecule has 11 nitrogen and oxygen atoms in total. The van der Waals surface area contributed by atoms with Gasteiger partial charge in [0.2, 0.25) is 5.88 Å². The molecule has 0 bridgehead atoms. The largest absolute Gasteiger partial charge is 0.478 e. The molecular weight excluding hydrogens is 567 g/mol. The molecule has 0 aliphatic carbocycles. The van der Waals surface area contributed by atoms with E-state index in [4.69, 9.17) is 29.4 Å². The van der Waals surface area contributed by atoms with Gasteiger partial charge in [-0.25, -0.2) is 14.2 Å². The standard InChI is InChI=1S/C32H31FN6O5/c33-24-12-20(14-34)4-5-22(24)17-44-31-3-1-2-29(36-31)38-10-9-37(27-18-42-19-28(27)38)16-30-35-25-7-6-21(32(40)41)13-26(25)39(30)15-23-8-11-43-23/h1-7,12-13,23,27-28H,8-11,15-19H2,(H,40,41)/t23-,27-,28+/m0/s1. The van der Waals surface area contributed by atoms with E-state index >= 15 is 0 Å². The number of halogens is 1. The minimum Gasteiger partial charge on any atom is -0.478 e. The molecule has 44 heavy (non-hydrogen) atoms. The van der Waals surface area contributed by atoms with Crippen LogP contribution >= 0.6 is 0 Å². The summed E-state index contributed by atoms with van der Waals surface area (Å²) < 4.78 is 34.0. The minimum absolute atomic E-state index is 0.00219. The van der Waals surface area contributed by atoms with Gasteiger partial charge in [0, 0.05) is 31.3 Å². The van der Waals surface area contributed by atoms with E-state index in [-0.39, 0.29) is 35.9 Å². The van der Waals surface area contributed by atoms with Crippen LogP contribution in [0.4, 0.5) is 10.2 Å². The van der Waals surface area contributed by atoms with Gasteiger partial charge >= 0.3 is 5.97 Å². The highest BCUT2D eigenvalue weighted by Gasteiger charge is 2.42. The number of ether oxygens (including phenoxy) is 3. The normalized spacial score (nSPS) is 21.5. The molecule has 0 saturated carbocycles. The summed E-state index contributed by atoms with van der Waals surface area (Å²) in [6.45, 7) is 4.54. The van der Waals surface area contributed by atoms with Crippen molar-refractivity contribution in [2.75, 3.05) is 37.8 Å². The predicted octanol–water partition coefficient (Wildman–Crippen LogP) is 3.60. The molecule has 4 aromatic rings. The smallest absolute Gasteiger partial charge is 0.335 e. The number of carbonyl (C=O) groups is 1. The van der Waals surface area contributed by atoms with Crippen LogP contribution in [0, 0.1) is 17.1 Å². The number of piperazine rings is 1. The van der Waals surface area contributed by atoms with Crippen molar-refractivity contribution in [3.8, 4) is 11.9 Å². The molecule has 226 valence electrons. The third-order valence-corrected chi connectivity index (χ3v) is 8.68. The van der Waals surface area contributed by atoms with Gasteiger partial charge in [-0.05, 0) is 42.8 Å². The molecule has 1 N–H and O–H groups in total. The zero-order chi connectivity index (χ0) is 30.2. The zero-order valence-corrected chi connectivity index (χ0v) is 23.9. The molecular formula is C32H31FN6O5. The number of hydrogen-bond donors (Lipinski definition) is 1. The number of pyridine rings is 1. The number of aromatic carboxylic acids is 1. The first-order chi connectivity index (χ1) is 21.5. The summed E-state index contributed by atoms with van der Waals surface area (Å²) in [6, 6.07) is 17.0. The Hall–Kier alpha value is -4.57. The number of carboxylic acid groups (broad SMARTS) is 1. The number of anilines is 1. The number of carboxylic acids is 1. The van der Waals surface area contributed by atoms with Crippen LogP contribution in [0.25, 0.3) is 11.0 Å². The topological polar surface area (TPSA) is 126 Å². The lowest BCUT2D eigenvalue weighted by Gasteiger charge is -2.44. The van der Waals surface area contributed by atoms with E-state index in [1.54, 1.807) is 36.4 Å². The van der Waals surface area contributed by atoms with E-state index < -0.39 is 11.8 Å². The molecule has 2 aromatic carbocycles. The molecule has 5 heterocycles. The lowest BCUT2D eigenvalue weighted by Crippen LogP contribution is -2.59. The van der Waals surface area contributed by atoms with Gasteiger partial charge in [0.15, 0.2) is 0 Å². The van der Waals surface area contributed by atoms with E-state index in [2.05, 4.69) is 14.4 Å². The Kier molecular flexibility index (Phi) is 7.59. The van der Waals surface area contributed by atoms with E-state index in [1.165, 1.54) is 6.07 Å². The highest BCUT2D eigenvalue weighted by atomic mass is 19.1. The van der Waals surface area contributed by atoms with E-state index in [9.17, 15) is 14.3 Å². The van der Waals surface area contributed by atoms with Gasteiger partial charge in [-0.3, -0.25) is 4.90 Å². The van der Waals surface area contributed by atoms with Gasteiger partial charge in [-0.15, -0.1) is 0 Å². The van der Waals surface area contributed by atoms with Gasteiger partial charge in [0.25, 0.3) is 0 Å². The Bertz CT molecular complexity index is 1750. The summed E-state index contributed by atoms with van der Waals surface area (Å²) in [4.78, 5) is 26.0. The lowest BCUT2D eigenvalue weighted by molar-refractivity contribution is -0.0592. The van der Waals surface area contributed by atoms with Crippen LogP contribution in [0.2, 0.25) is 0 Å². The van der Waals surface area contributed by atoms with Crippen molar-refractivity contribution in [2.24, 2.45) is 0 Å². The molecule has 12 heteroatoms. The van der Waals surface area contributed by atoms with Crippen LogP contribution < -0.4 is 9.64 Å². The number of imidazole rings is 1. The Morgan fingerprint density at radius 2 is 1.98 bits per heavy atom. The van der Waals surface area contributed by atoms with Crippen molar-refractivity contribution < 1.29 is 28.5 Å². The first-order valence-electron chi connectivity index (χ1n) is 14.7. The van der Waals surface area contributed by atoms with Gasteiger partial charge in [-0.1, -0.05) is 12.1 Å². The fraction of sp³-hybridized carbons (Fsp3) is 0.375. The number of benzene rings is 2. The van der Waals surface area contributed by atoms with Gasteiger partial charge < -0.3 is 28.8 Å². The maximum absolute atomic E-state index is 14.4.